The van der Waals surface area contributed by atoms with Crippen molar-refractivity contribution in [2.45, 2.75) is 0 Å². The topological polar surface area (TPSA) is 50.2 Å². The number of thiophene rings is 1. The monoisotopic (exact) mass is 261 g/mol. The van der Waals surface area contributed by atoms with Gasteiger partial charge in [-0.1, -0.05) is 18.2 Å². The van der Waals surface area contributed by atoms with Crippen LogP contribution in [0.4, 0.5) is 0 Å². The van der Waals surface area contributed by atoms with E-state index in [4.69, 9.17) is 5.11 Å². The minimum absolute atomic E-state index is 0.111. The van der Waals surface area contributed by atoms with Crippen LogP contribution in [0, 0.1) is 0 Å². The summed E-state index contributed by atoms with van der Waals surface area (Å²) in [7, 11) is 0. The van der Waals surface area contributed by atoms with E-state index < -0.39 is 5.97 Å². The number of aromatic nitrogens is 1. The first-order valence-corrected chi connectivity index (χ1v) is 6.67. The number of hydrogen-bond acceptors (Lipinski definition) is 4. The van der Waals surface area contributed by atoms with Gasteiger partial charge in [0.25, 0.3) is 0 Å². The Morgan fingerprint density at radius 2 is 2.00 bits per heavy atom. The van der Waals surface area contributed by atoms with Gasteiger partial charge in [0.1, 0.15) is 5.01 Å². The number of fused-ring (bicyclic) bond motifs is 1. The number of carbonyl (C=O) groups is 1. The molecule has 0 fully saturated rings. The van der Waals surface area contributed by atoms with Gasteiger partial charge in [0.2, 0.25) is 0 Å². The molecule has 1 N–H and O–H groups in total. The van der Waals surface area contributed by atoms with Crippen LogP contribution in [0.25, 0.3) is 20.7 Å². The van der Waals surface area contributed by atoms with E-state index in [1.165, 1.54) is 16.0 Å². The molecule has 0 bridgehead atoms. The maximum Gasteiger partial charge on any atom is 0.355 e. The van der Waals surface area contributed by atoms with Gasteiger partial charge >= 0.3 is 5.97 Å². The molecule has 3 nitrogen and oxygen atoms in total. The molecule has 0 amide bonds. The van der Waals surface area contributed by atoms with Crippen molar-refractivity contribution in [3.8, 4) is 10.6 Å². The van der Waals surface area contributed by atoms with E-state index in [1.807, 2.05) is 23.6 Å². The highest BCUT2D eigenvalue weighted by molar-refractivity contribution is 7.18. The van der Waals surface area contributed by atoms with Crippen LogP contribution in [0.15, 0.2) is 35.0 Å². The Labute approximate surface area is 105 Å². The van der Waals surface area contributed by atoms with Crippen LogP contribution in [0.2, 0.25) is 0 Å². The summed E-state index contributed by atoms with van der Waals surface area (Å²) in [4.78, 5) is 14.9. The molecule has 0 atom stereocenters. The molecule has 3 rings (SSSR count). The molecular weight excluding hydrogens is 254 g/mol. The molecule has 0 saturated heterocycles. The van der Waals surface area contributed by atoms with Crippen LogP contribution in [0.1, 0.15) is 10.5 Å². The molecule has 1 aromatic carbocycles. The maximum absolute atomic E-state index is 10.8. The molecule has 0 unspecified atom stereocenters. The second-order valence-corrected chi connectivity index (χ2v) is 5.26. The first-order chi connectivity index (χ1) is 8.25. The van der Waals surface area contributed by atoms with E-state index in [-0.39, 0.29) is 5.69 Å². The number of carboxylic acids is 1. The summed E-state index contributed by atoms with van der Waals surface area (Å²) in [6.45, 7) is 0. The standard InChI is InChI=1S/C12H7NO2S2/c14-12(15)9-6-17-11(13-9)8-5-16-10-4-2-1-3-7(8)10/h1-6H,(H,14,15). The number of aromatic carboxylic acids is 1. The van der Waals surface area contributed by atoms with Gasteiger partial charge in [-0.25, -0.2) is 9.78 Å². The van der Waals surface area contributed by atoms with Crippen LogP contribution in [0.3, 0.4) is 0 Å². The lowest BCUT2D eigenvalue weighted by atomic mass is 10.2. The number of thiazole rings is 1. The average molecular weight is 261 g/mol. The van der Waals surface area contributed by atoms with Crippen molar-refractivity contribution in [1.82, 2.24) is 4.98 Å². The molecule has 0 aliphatic heterocycles. The zero-order valence-electron chi connectivity index (χ0n) is 8.58. The van der Waals surface area contributed by atoms with Crippen molar-refractivity contribution in [2.24, 2.45) is 0 Å². The number of carboxylic acid groups (broad SMARTS) is 1. The second kappa shape index (κ2) is 3.94. The summed E-state index contributed by atoms with van der Waals surface area (Å²) >= 11 is 3.01. The molecule has 17 heavy (non-hydrogen) atoms. The Hall–Kier alpha value is -1.72. The number of nitrogens with zero attached hydrogens (tertiary/aromatic N) is 1. The second-order valence-electron chi connectivity index (χ2n) is 3.49. The molecule has 0 saturated carbocycles. The Morgan fingerprint density at radius 1 is 1.18 bits per heavy atom. The molecule has 3 aromatic rings. The Balaban J connectivity index is 2.17. The van der Waals surface area contributed by atoms with E-state index >= 15 is 0 Å². The Bertz CT molecular complexity index is 699. The fourth-order valence-corrected chi connectivity index (χ4v) is 3.48. The molecule has 2 aromatic heterocycles. The molecular formula is C12H7NO2S2. The van der Waals surface area contributed by atoms with Gasteiger partial charge in [-0.05, 0) is 6.07 Å². The fourth-order valence-electron chi connectivity index (χ4n) is 1.64. The van der Waals surface area contributed by atoms with E-state index in [9.17, 15) is 4.79 Å². The van der Waals surface area contributed by atoms with E-state index in [2.05, 4.69) is 11.1 Å². The molecule has 0 radical (unpaired) electrons. The van der Waals surface area contributed by atoms with Crippen LogP contribution in [-0.4, -0.2) is 16.1 Å². The largest absolute Gasteiger partial charge is 0.476 e. The van der Waals surface area contributed by atoms with Gasteiger partial charge in [0.05, 0.1) is 0 Å². The quantitative estimate of drug-likeness (QED) is 0.764. The van der Waals surface area contributed by atoms with E-state index in [1.54, 1.807) is 16.7 Å². The van der Waals surface area contributed by atoms with Gasteiger partial charge in [0.15, 0.2) is 5.69 Å². The number of hydrogen-bond donors (Lipinski definition) is 1. The third-order valence-electron chi connectivity index (χ3n) is 2.43. The molecule has 0 aliphatic rings. The molecule has 84 valence electrons. The smallest absolute Gasteiger partial charge is 0.355 e. The zero-order chi connectivity index (χ0) is 11.8. The summed E-state index contributed by atoms with van der Waals surface area (Å²) in [5.74, 6) is -0.980. The minimum atomic E-state index is -0.980. The number of benzene rings is 1. The van der Waals surface area contributed by atoms with Crippen LogP contribution in [-0.2, 0) is 0 Å². The lowest BCUT2D eigenvalue weighted by molar-refractivity contribution is 0.0691. The van der Waals surface area contributed by atoms with Crippen molar-refractivity contribution < 1.29 is 9.90 Å². The summed E-state index contributed by atoms with van der Waals surface area (Å²) in [5.41, 5.74) is 1.13. The average Bonchev–Trinajstić information content (AvgIpc) is 2.95. The molecule has 5 heteroatoms. The van der Waals surface area contributed by atoms with Gasteiger partial charge < -0.3 is 5.11 Å². The van der Waals surface area contributed by atoms with Gasteiger partial charge in [-0.15, -0.1) is 22.7 Å². The van der Waals surface area contributed by atoms with Crippen molar-refractivity contribution in [2.75, 3.05) is 0 Å². The Morgan fingerprint density at radius 3 is 2.76 bits per heavy atom. The van der Waals surface area contributed by atoms with Gasteiger partial charge in [-0.2, -0.15) is 0 Å². The highest BCUT2D eigenvalue weighted by Crippen LogP contribution is 2.35. The van der Waals surface area contributed by atoms with Gasteiger partial charge in [-0.3, -0.25) is 0 Å². The molecule has 0 aliphatic carbocycles. The third-order valence-corrected chi connectivity index (χ3v) is 4.27. The lowest BCUT2D eigenvalue weighted by Crippen LogP contribution is -1.95. The summed E-state index contributed by atoms with van der Waals surface area (Å²) in [6, 6.07) is 8.05. The van der Waals surface area contributed by atoms with Crippen LogP contribution in [0.5, 0.6) is 0 Å². The van der Waals surface area contributed by atoms with Gasteiger partial charge in [0, 0.05) is 26.4 Å². The van der Waals surface area contributed by atoms with Crippen molar-refractivity contribution in [3.63, 3.8) is 0 Å². The predicted molar refractivity (Wildman–Crippen MR) is 69.9 cm³/mol. The van der Waals surface area contributed by atoms with E-state index in [0.29, 0.717) is 0 Å². The van der Waals surface area contributed by atoms with Crippen molar-refractivity contribution in [3.05, 3.63) is 40.7 Å². The van der Waals surface area contributed by atoms with Crippen LogP contribution >= 0.6 is 22.7 Å². The SMILES string of the molecule is O=C(O)c1csc(-c2csc3ccccc23)n1. The lowest BCUT2D eigenvalue weighted by Gasteiger charge is -1.93. The highest BCUT2D eigenvalue weighted by atomic mass is 32.1. The minimum Gasteiger partial charge on any atom is -0.476 e. The zero-order valence-corrected chi connectivity index (χ0v) is 10.2. The predicted octanol–water partition coefficient (Wildman–Crippen LogP) is 3.72. The first kappa shape index (κ1) is 10.4. The summed E-state index contributed by atoms with van der Waals surface area (Å²) in [5, 5.41) is 14.3. The normalized spacial score (nSPS) is 10.8. The number of rotatable bonds is 2. The molecule has 2 heterocycles. The third kappa shape index (κ3) is 1.73. The fraction of sp³-hybridized carbons (Fsp3) is 0. The summed E-state index contributed by atoms with van der Waals surface area (Å²) in [6.07, 6.45) is 0. The van der Waals surface area contributed by atoms with Crippen LogP contribution < -0.4 is 0 Å². The van der Waals surface area contributed by atoms with Crippen molar-refractivity contribution in [1.29, 1.82) is 0 Å². The maximum atomic E-state index is 10.8. The molecule has 0 spiro atoms. The first-order valence-electron chi connectivity index (χ1n) is 4.91. The summed E-state index contributed by atoms with van der Waals surface area (Å²) < 4.78 is 1.19. The van der Waals surface area contributed by atoms with Crippen molar-refractivity contribution >= 4 is 38.7 Å². The highest BCUT2D eigenvalue weighted by Gasteiger charge is 2.13. The van der Waals surface area contributed by atoms with E-state index in [0.717, 1.165) is 16.0 Å². The Kier molecular flexibility index (Phi) is 2.42.